The second-order valence-electron chi connectivity index (χ2n) is 3.13. The summed E-state index contributed by atoms with van der Waals surface area (Å²) in [7, 11) is 0. The first-order valence-corrected chi connectivity index (χ1v) is 5.46. The molecule has 1 fully saturated rings. The van der Waals surface area contributed by atoms with Gasteiger partial charge in [0.1, 0.15) is 6.33 Å². The van der Waals surface area contributed by atoms with Gasteiger partial charge in [-0.2, -0.15) is 0 Å². The summed E-state index contributed by atoms with van der Waals surface area (Å²) < 4.78 is 0. The summed E-state index contributed by atoms with van der Waals surface area (Å²) in [5.41, 5.74) is 0. The van der Waals surface area contributed by atoms with Crippen molar-refractivity contribution in [3.63, 3.8) is 0 Å². The first-order chi connectivity index (χ1) is 6.45. The zero-order valence-corrected chi connectivity index (χ0v) is 8.26. The van der Waals surface area contributed by atoms with Gasteiger partial charge in [0, 0.05) is 18.0 Å². The molecular formula is C9H13N3S. The summed E-state index contributed by atoms with van der Waals surface area (Å²) in [6.07, 6.45) is 5.98. The molecule has 2 heterocycles. The number of piperidine rings is 1. The summed E-state index contributed by atoms with van der Waals surface area (Å²) in [5.74, 6) is 0. The number of nitrogens with one attached hydrogen (secondary N) is 1. The Morgan fingerprint density at radius 1 is 1.54 bits per heavy atom. The minimum atomic E-state index is 0.684. The molecule has 0 saturated carbocycles. The number of hydrogen-bond donors (Lipinski definition) is 1. The normalized spacial score (nSPS) is 22.9. The first-order valence-electron chi connectivity index (χ1n) is 4.58. The van der Waals surface area contributed by atoms with Crippen molar-refractivity contribution in [3.8, 4) is 0 Å². The molecule has 1 saturated heterocycles. The van der Waals surface area contributed by atoms with E-state index in [1.807, 2.05) is 17.8 Å². The summed E-state index contributed by atoms with van der Waals surface area (Å²) in [6, 6.07) is 1.97. The molecule has 0 bridgehead atoms. The van der Waals surface area contributed by atoms with Crippen LogP contribution >= 0.6 is 11.8 Å². The van der Waals surface area contributed by atoms with Gasteiger partial charge in [-0.3, -0.25) is 0 Å². The van der Waals surface area contributed by atoms with Crippen LogP contribution in [0, 0.1) is 0 Å². The van der Waals surface area contributed by atoms with Crippen molar-refractivity contribution in [2.24, 2.45) is 0 Å². The van der Waals surface area contributed by atoms with Crippen molar-refractivity contribution in [1.82, 2.24) is 15.3 Å². The smallest absolute Gasteiger partial charge is 0.116 e. The number of hydrogen-bond acceptors (Lipinski definition) is 4. The molecular weight excluding hydrogens is 182 g/mol. The second kappa shape index (κ2) is 4.58. The quantitative estimate of drug-likeness (QED) is 0.722. The standard InChI is InChI=1S/C9H13N3S/c1-2-8(6-10-4-1)13-9-3-5-11-7-12-9/h3,5,7-8,10H,1-2,4,6H2. The number of nitrogens with zero attached hydrogens (tertiary/aromatic N) is 2. The van der Waals surface area contributed by atoms with Crippen LogP contribution in [0.3, 0.4) is 0 Å². The maximum absolute atomic E-state index is 4.20. The Morgan fingerprint density at radius 3 is 3.23 bits per heavy atom. The molecule has 1 aliphatic heterocycles. The molecule has 13 heavy (non-hydrogen) atoms. The Bertz CT molecular complexity index is 246. The van der Waals surface area contributed by atoms with Gasteiger partial charge in [0.2, 0.25) is 0 Å². The third-order valence-corrected chi connectivity index (χ3v) is 3.31. The summed E-state index contributed by atoms with van der Waals surface area (Å²) in [6.45, 7) is 2.27. The maximum Gasteiger partial charge on any atom is 0.116 e. The molecule has 1 N–H and O–H groups in total. The van der Waals surface area contributed by atoms with E-state index in [-0.39, 0.29) is 0 Å². The SMILES string of the molecule is c1cc(SC2CCCNC2)ncn1. The molecule has 1 unspecified atom stereocenters. The van der Waals surface area contributed by atoms with Gasteiger partial charge in [0.25, 0.3) is 0 Å². The van der Waals surface area contributed by atoms with Crippen LogP contribution in [0.2, 0.25) is 0 Å². The van der Waals surface area contributed by atoms with Crippen molar-refractivity contribution >= 4 is 11.8 Å². The molecule has 1 aromatic rings. The van der Waals surface area contributed by atoms with Crippen LogP contribution in [0.25, 0.3) is 0 Å². The highest BCUT2D eigenvalue weighted by Gasteiger charge is 2.14. The fraction of sp³-hybridized carbons (Fsp3) is 0.556. The van der Waals surface area contributed by atoms with E-state index in [9.17, 15) is 0 Å². The average molecular weight is 195 g/mol. The van der Waals surface area contributed by atoms with E-state index in [0.29, 0.717) is 5.25 Å². The molecule has 0 amide bonds. The predicted octanol–water partition coefficient (Wildman–Crippen LogP) is 1.32. The Hall–Kier alpha value is -0.610. The van der Waals surface area contributed by atoms with Gasteiger partial charge in [-0.1, -0.05) is 0 Å². The lowest BCUT2D eigenvalue weighted by molar-refractivity contribution is 0.531. The molecule has 0 spiro atoms. The van der Waals surface area contributed by atoms with Crippen LogP contribution in [0.15, 0.2) is 23.6 Å². The minimum Gasteiger partial charge on any atom is -0.316 e. The van der Waals surface area contributed by atoms with Crippen molar-refractivity contribution in [2.45, 2.75) is 23.1 Å². The topological polar surface area (TPSA) is 37.8 Å². The van der Waals surface area contributed by atoms with Gasteiger partial charge < -0.3 is 5.32 Å². The summed E-state index contributed by atoms with van der Waals surface area (Å²) in [4.78, 5) is 8.10. The van der Waals surface area contributed by atoms with Crippen LogP contribution in [0.5, 0.6) is 0 Å². The fourth-order valence-electron chi connectivity index (χ4n) is 1.44. The molecule has 0 aromatic carbocycles. The van der Waals surface area contributed by atoms with Crippen LogP contribution in [-0.2, 0) is 0 Å². The van der Waals surface area contributed by atoms with E-state index in [1.54, 1.807) is 12.5 Å². The summed E-state index contributed by atoms with van der Waals surface area (Å²) >= 11 is 1.85. The van der Waals surface area contributed by atoms with Crippen molar-refractivity contribution in [2.75, 3.05) is 13.1 Å². The highest BCUT2D eigenvalue weighted by atomic mass is 32.2. The van der Waals surface area contributed by atoms with Gasteiger partial charge >= 0.3 is 0 Å². The van der Waals surface area contributed by atoms with Gasteiger partial charge in [0.15, 0.2) is 0 Å². The lowest BCUT2D eigenvalue weighted by atomic mass is 10.2. The predicted molar refractivity (Wildman–Crippen MR) is 53.8 cm³/mol. The molecule has 1 aromatic heterocycles. The van der Waals surface area contributed by atoms with Crippen LogP contribution in [0.4, 0.5) is 0 Å². The van der Waals surface area contributed by atoms with Gasteiger partial charge in [-0.25, -0.2) is 9.97 Å². The molecule has 0 aliphatic carbocycles. The Morgan fingerprint density at radius 2 is 2.54 bits per heavy atom. The highest BCUT2D eigenvalue weighted by Crippen LogP contribution is 2.24. The second-order valence-corrected chi connectivity index (χ2v) is 4.45. The van der Waals surface area contributed by atoms with E-state index in [4.69, 9.17) is 0 Å². The Balaban J connectivity index is 1.90. The first kappa shape index (κ1) is 8.97. The fourth-order valence-corrected chi connectivity index (χ4v) is 2.51. The van der Waals surface area contributed by atoms with E-state index in [1.165, 1.54) is 19.4 Å². The molecule has 1 aliphatic rings. The number of aromatic nitrogens is 2. The van der Waals surface area contributed by atoms with Crippen LogP contribution in [-0.4, -0.2) is 28.3 Å². The number of thioether (sulfide) groups is 1. The maximum atomic E-state index is 4.20. The summed E-state index contributed by atoms with van der Waals surface area (Å²) in [5, 5.41) is 5.16. The van der Waals surface area contributed by atoms with Gasteiger partial charge in [-0.05, 0) is 25.5 Å². The number of rotatable bonds is 2. The lowest BCUT2D eigenvalue weighted by Crippen LogP contribution is -2.31. The zero-order chi connectivity index (χ0) is 8.93. The molecule has 0 radical (unpaired) electrons. The van der Waals surface area contributed by atoms with Crippen molar-refractivity contribution in [3.05, 3.63) is 18.6 Å². The van der Waals surface area contributed by atoms with E-state index >= 15 is 0 Å². The Kier molecular flexibility index (Phi) is 3.16. The molecule has 70 valence electrons. The van der Waals surface area contributed by atoms with Crippen LogP contribution < -0.4 is 5.32 Å². The van der Waals surface area contributed by atoms with E-state index < -0.39 is 0 Å². The van der Waals surface area contributed by atoms with E-state index in [0.717, 1.165) is 11.6 Å². The third-order valence-electron chi connectivity index (χ3n) is 2.09. The third kappa shape index (κ3) is 2.67. The van der Waals surface area contributed by atoms with Gasteiger partial charge in [0.05, 0.1) is 5.03 Å². The van der Waals surface area contributed by atoms with Crippen molar-refractivity contribution in [1.29, 1.82) is 0 Å². The minimum absolute atomic E-state index is 0.684. The highest BCUT2D eigenvalue weighted by molar-refractivity contribution is 7.99. The molecule has 2 rings (SSSR count). The monoisotopic (exact) mass is 195 g/mol. The lowest BCUT2D eigenvalue weighted by Gasteiger charge is -2.21. The van der Waals surface area contributed by atoms with E-state index in [2.05, 4.69) is 15.3 Å². The molecule has 3 nitrogen and oxygen atoms in total. The Labute approximate surface area is 82.4 Å². The van der Waals surface area contributed by atoms with Crippen molar-refractivity contribution < 1.29 is 0 Å². The molecule has 1 atom stereocenters. The van der Waals surface area contributed by atoms with Gasteiger partial charge in [-0.15, -0.1) is 11.8 Å². The molecule has 4 heteroatoms. The largest absolute Gasteiger partial charge is 0.316 e. The van der Waals surface area contributed by atoms with Crippen LogP contribution in [0.1, 0.15) is 12.8 Å². The average Bonchev–Trinajstić information content (AvgIpc) is 2.21. The zero-order valence-electron chi connectivity index (χ0n) is 7.44.